The Morgan fingerprint density at radius 3 is 0.483 bits per heavy atom. The highest BCUT2D eigenvalue weighted by Gasteiger charge is 2.01. The Morgan fingerprint density at radius 1 is 0.241 bits per heavy atom. The number of esters is 1. The lowest BCUT2D eigenvalue weighted by Gasteiger charge is -2.05. The maximum Gasteiger partial charge on any atom is 0.305 e. The molecule has 0 unspecified atom stereocenters. The van der Waals surface area contributed by atoms with Gasteiger partial charge >= 0.3 is 11.9 Å². The number of rotatable bonds is 52. The van der Waals surface area contributed by atoms with E-state index >= 15 is 0 Å². The Hall–Kier alpha value is -1.06. The van der Waals surface area contributed by atoms with Crippen LogP contribution in [-0.4, -0.2) is 24.2 Å². The Labute approximate surface area is 364 Å². The molecule has 0 radical (unpaired) electrons. The van der Waals surface area contributed by atoms with Crippen molar-refractivity contribution in [2.45, 2.75) is 327 Å². The molecule has 0 rings (SSSR count). The number of methoxy groups -OCH3 is 1. The predicted molar refractivity (Wildman–Crippen MR) is 255 cm³/mol. The number of carboxylic acids is 1. The molecule has 58 heavy (non-hydrogen) atoms. The van der Waals surface area contributed by atoms with Gasteiger partial charge in [-0.3, -0.25) is 9.59 Å². The van der Waals surface area contributed by atoms with Crippen molar-refractivity contribution in [1.82, 2.24) is 0 Å². The van der Waals surface area contributed by atoms with E-state index in [1.54, 1.807) is 0 Å². The van der Waals surface area contributed by atoms with E-state index in [9.17, 15) is 9.59 Å². The monoisotopic (exact) mass is 819 g/mol. The van der Waals surface area contributed by atoms with Gasteiger partial charge in [0, 0.05) is 12.8 Å². The maximum atomic E-state index is 11.1. The molecule has 4 heteroatoms. The first-order valence-corrected chi connectivity index (χ1v) is 27.0. The summed E-state index contributed by atoms with van der Waals surface area (Å²) in [5.74, 6) is -0.709. The second-order valence-electron chi connectivity index (χ2n) is 18.8. The number of ether oxygens (including phenoxy) is 1. The summed E-state index contributed by atoms with van der Waals surface area (Å²) in [5.41, 5.74) is 0. The second-order valence-corrected chi connectivity index (χ2v) is 18.8. The topological polar surface area (TPSA) is 63.6 Å². The van der Waals surface area contributed by atoms with Crippen LogP contribution in [0.5, 0.6) is 0 Å². The van der Waals surface area contributed by atoms with Crippen LogP contribution in [0.3, 0.4) is 0 Å². The molecule has 4 nitrogen and oxygen atoms in total. The van der Waals surface area contributed by atoms with Crippen molar-refractivity contribution in [2.75, 3.05) is 7.11 Å². The van der Waals surface area contributed by atoms with Gasteiger partial charge < -0.3 is 9.84 Å². The van der Waals surface area contributed by atoms with E-state index in [0.29, 0.717) is 12.8 Å². The third-order valence-corrected chi connectivity index (χ3v) is 13.0. The van der Waals surface area contributed by atoms with Crippen LogP contribution in [0.1, 0.15) is 327 Å². The molecule has 0 aromatic rings. The van der Waals surface area contributed by atoms with Gasteiger partial charge in [-0.2, -0.15) is 0 Å². The molecule has 0 amide bonds. The lowest BCUT2D eigenvalue weighted by molar-refractivity contribution is -0.141. The Kier molecular flexibility index (Phi) is 51.1. The highest BCUT2D eigenvalue weighted by molar-refractivity contribution is 5.69. The summed E-state index contributed by atoms with van der Waals surface area (Å²) in [6.45, 7) is 0. The van der Waals surface area contributed by atoms with Gasteiger partial charge in [-0.25, -0.2) is 0 Å². The van der Waals surface area contributed by atoms with Crippen LogP contribution in [0.25, 0.3) is 0 Å². The summed E-state index contributed by atoms with van der Waals surface area (Å²) in [6.07, 6.45) is 69.6. The van der Waals surface area contributed by atoms with Gasteiger partial charge in [-0.15, -0.1) is 0 Å². The van der Waals surface area contributed by atoms with E-state index in [0.717, 1.165) is 19.3 Å². The largest absolute Gasteiger partial charge is 0.481 e. The van der Waals surface area contributed by atoms with Gasteiger partial charge in [0.05, 0.1) is 7.11 Å². The standard InChI is InChI=1S/C54H106O4/c1-58-54(57)52-50-48-46-44-42-40-38-36-34-32-30-28-26-24-22-20-18-16-14-12-10-8-6-4-2-3-5-7-9-11-13-15-17-19-21-23-25-27-29-31-33-35-37-39-41-43-45-47-49-51-53(55)56/h2-52H2,1H3,(H,55,56). The van der Waals surface area contributed by atoms with Gasteiger partial charge in [0.15, 0.2) is 0 Å². The predicted octanol–water partition coefficient (Wildman–Crippen LogP) is 19.1. The quantitative estimate of drug-likeness (QED) is 0.0490. The average molecular weight is 819 g/mol. The number of carbonyl (C=O) groups excluding carboxylic acids is 1. The molecule has 0 aliphatic carbocycles. The molecule has 0 spiro atoms. The Morgan fingerprint density at radius 2 is 0.362 bits per heavy atom. The number of hydrogen-bond donors (Lipinski definition) is 1. The molecule has 0 aromatic heterocycles. The van der Waals surface area contributed by atoms with E-state index in [4.69, 9.17) is 9.84 Å². The van der Waals surface area contributed by atoms with Gasteiger partial charge in [0.2, 0.25) is 0 Å². The number of hydrogen-bond acceptors (Lipinski definition) is 3. The summed E-state index contributed by atoms with van der Waals surface area (Å²) < 4.78 is 4.70. The summed E-state index contributed by atoms with van der Waals surface area (Å²) in [6, 6.07) is 0. The third kappa shape index (κ3) is 53.0. The second kappa shape index (κ2) is 52.1. The number of carboxylic acid groups (broad SMARTS) is 1. The lowest BCUT2D eigenvalue weighted by Crippen LogP contribution is -1.99. The highest BCUT2D eigenvalue weighted by atomic mass is 16.5. The van der Waals surface area contributed by atoms with Gasteiger partial charge in [-0.05, 0) is 12.8 Å². The van der Waals surface area contributed by atoms with Crippen LogP contribution in [0.4, 0.5) is 0 Å². The van der Waals surface area contributed by atoms with Crippen molar-refractivity contribution in [3.05, 3.63) is 0 Å². The van der Waals surface area contributed by atoms with Crippen molar-refractivity contribution < 1.29 is 19.4 Å². The summed E-state index contributed by atoms with van der Waals surface area (Å²) in [4.78, 5) is 21.6. The fourth-order valence-corrected chi connectivity index (χ4v) is 8.96. The van der Waals surface area contributed by atoms with Crippen LogP contribution in [0.2, 0.25) is 0 Å². The van der Waals surface area contributed by atoms with Gasteiger partial charge in [0.1, 0.15) is 0 Å². The SMILES string of the molecule is COC(=O)CCCCCCCCCCCCCCCCCCCCCCCCCCCCCCCCCCCCCCCCCCCCCCCCCCCC(=O)O. The van der Waals surface area contributed by atoms with Crippen molar-refractivity contribution in [3.8, 4) is 0 Å². The molecule has 0 heterocycles. The van der Waals surface area contributed by atoms with Crippen molar-refractivity contribution >= 4 is 11.9 Å². The van der Waals surface area contributed by atoms with E-state index in [1.807, 2.05) is 0 Å². The highest BCUT2D eigenvalue weighted by Crippen LogP contribution is 2.19. The first-order valence-electron chi connectivity index (χ1n) is 27.0. The molecule has 0 atom stereocenters. The van der Waals surface area contributed by atoms with E-state index in [1.165, 1.54) is 302 Å². The molecule has 0 saturated carbocycles. The minimum atomic E-state index is -0.648. The fourth-order valence-electron chi connectivity index (χ4n) is 8.96. The number of aliphatic carboxylic acids is 1. The van der Waals surface area contributed by atoms with Crippen LogP contribution in [-0.2, 0) is 14.3 Å². The zero-order valence-corrected chi connectivity index (χ0v) is 39.7. The molecule has 0 aliphatic rings. The Bertz CT molecular complexity index is 781. The third-order valence-electron chi connectivity index (χ3n) is 13.0. The smallest absolute Gasteiger partial charge is 0.305 e. The maximum absolute atomic E-state index is 11.1. The van der Waals surface area contributed by atoms with Crippen molar-refractivity contribution in [1.29, 1.82) is 0 Å². The zero-order chi connectivity index (χ0) is 41.9. The first kappa shape index (κ1) is 56.9. The number of unbranched alkanes of at least 4 members (excludes halogenated alkanes) is 48. The van der Waals surface area contributed by atoms with Gasteiger partial charge in [0.25, 0.3) is 0 Å². The van der Waals surface area contributed by atoms with E-state index in [-0.39, 0.29) is 5.97 Å². The van der Waals surface area contributed by atoms with Crippen LogP contribution < -0.4 is 0 Å². The van der Waals surface area contributed by atoms with Crippen LogP contribution in [0, 0.1) is 0 Å². The van der Waals surface area contributed by atoms with E-state index in [2.05, 4.69) is 0 Å². The van der Waals surface area contributed by atoms with Crippen molar-refractivity contribution in [3.63, 3.8) is 0 Å². The van der Waals surface area contributed by atoms with Gasteiger partial charge in [-0.1, -0.05) is 302 Å². The van der Waals surface area contributed by atoms with E-state index < -0.39 is 5.97 Å². The van der Waals surface area contributed by atoms with Crippen LogP contribution in [0.15, 0.2) is 0 Å². The molecule has 346 valence electrons. The molecular weight excluding hydrogens is 713 g/mol. The van der Waals surface area contributed by atoms with Crippen LogP contribution >= 0.6 is 0 Å². The molecular formula is C54H106O4. The molecule has 0 saturated heterocycles. The Balaban J connectivity index is 3.07. The number of carbonyl (C=O) groups is 2. The lowest BCUT2D eigenvalue weighted by atomic mass is 10.0. The summed E-state index contributed by atoms with van der Waals surface area (Å²) in [5, 5.41) is 8.67. The molecule has 0 fully saturated rings. The molecule has 1 N–H and O–H groups in total. The minimum absolute atomic E-state index is 0.0610. The molecule has 0 aliphatic heterocycles. The molecule has 0 aromatic carbocycles. The summed E-state index contributed by atoms with van der Waals surface area (Å²) >= 11 is 0. The molecule has 0 bridgehead atoms. The minimum Gasteiger partial charge on any atom is -0.481 e. The first-order chi connectivity index (χ1) is 28.7. The summed E-state index contributed by atoms with van der Waals surface area (Å²) in [7, 11) is 1.48. The average Bonchev–Trinajstić information content (AvgIpc) is 3.22. The van der Waals surface area contributed by atoms with Crippen molar-refractivity contribution in [2.24, 2.45) is 0 Å². The zero-order valence-electron chi connectivity index (χ0n) is 39.7. The fraction of sp³-hybridized carbons (Fsp3) is 0.963. The normalized spacial score (nSPS) is 11.5.